The predicted octanol–water partition coefficient (Wildman–Crippen LogP) is 2.82. The Hall–Kier alpha value is -1.67. The van der Waals surface area contributed by atoms with E-state index in [0.29, 0.717) is 12.8 Å². The Morgan fingerprint density at radius 1 is 1.12 bits per heavy atom. The average Bonchev–Trinajstić information content (AvgIpc) is 2.35. The number of aldehydes is 1. The monoisotopic (exact) mass is 213 g/mol. The van der Waals surface area contributed by atoms with Gasteiger partial charge in [-0.15, -0.1) is 0 Å². The highest BCUT2D eigenvalue weighted by molar-refractivity contribution is 5.83. The lowest BCUT2D eigenvalue weighted by atomic mass is 9.99. The molecule has 82 valence electrons. The Bertz CT molecular complexity index is 493. The first-order chi connectivity index (χ1) is 7.81. The zero-order chi connectivity index (χ0) is 11.4. The summed E-state index contributed by atoms with van der Waals surface area (Å²) in [5, 5.41) is 2.41. The fraction of sp³-hybridized carbons (Fsp3) is 0.214. The molecule has 2 rings (SSSR count). The molecule has 0 bridgehead atoms. The number of rotatable bonds is 4. The first-order valence-corrected chi connectivity index (χ1v) is 5.49. The van der Waals surface area contributed by atoms with E-state index < -0.39 is 0 Å². The van der Waals surface area contributed by atoms with Crippen LogP contribution in [0.1, 0.15) is 24.4 Å². The molecule has 0 aliphatic rings. The zero-order valence-electron chi connectivity index (χ0n) is 9.10. The van der Waals surface area contributed by atoms with Gasteiger partial charge in [-0.25, -0.2) is 0 Å². The lowest BCUT2D eigenvalue weighted by Crippen LogP contribution is -2.10. The Morgan fingerprint density at radius 2 is 1.88 bits per heavy atom. The second-order valence-corrected chi connectivity index (χ2v) is 3.96. The van der Waals surface area contributed by atoms with Crippen LogP contribution < -0.4 is 5.73 Å². The van der Waals surface area contributed by atoms with E-state index in [1.807, 2.05) is 18.2 Å². The van der Waals surface area contributed by atoms with Crippen LogP contribution in [0, 0.1) is 0 Å². The summed E-state index contributed by atoms with van der Waals surface area (Å²) in [5.74, 6) is 0. The maximum absolute atomic E-state index is 10.3. The van der Waals surface area contributed by atoms with Crippen molar-refractivity contribution in [1.82, 2.24) is 0 Å². The molecule has 2 N–H and O–H groups in total. The third-order valence-electron chi connectivity index (χ3n) is 2.80. The first-order valence-electron chi connectivity index (χ1n) is 5.49. The van der Waals surface area contributed by atoms with Crippen LogP contribution in [0.3, 0.4) is 0 Å². The number of carbonyl (C=O) groups excluding carboxylic acids is 1. The summed E-state index contributed by atoms with van der Waals surface area (Å²) >= 11 is 0. The molecule has 2 nitrogen and oxygen atoms in total. The molecule has 0 fully saturated rings. The molecule has 0 saturated heterocycles. The highest BCUT2D eigenvalue weighted by atomic mass is 16.1. The van der Waals surface area contributed by atoms with Gasteiger partial charge in [-0.05, 0) is 28.8 Å². The quantitative estimate of drug-likeness (QED) is 0.793. The molecule has 0 aromatic heterocycles. The van der Waals surface area contributed by atoms with Crippen LogP contribution in [-0.4, -0.2) is 6.29 Å². The van der Waals surface area contributed by atoms with Crippen LogP contribution in [0.15, 0.2) is 42.5 Å². The van der Waals surface area contributed by atoms with Crippen molar-refractivity contribution in [2.75, 3.05) is 0 Å². The van der Waals surface area contributed by atoms with Crippen LogP contribution in [0.2, 0.25) is 0 Å². The molecule has 1 unspecified atom stereocenters. The Labute approximate surface area is 95.1 Å². The molecular formula is C14H15NO. The van der Waals surface area contributed by atoms with Crippen LogP contribution >= 0.6 is 0 Å². The Kier molecular flexibility index (Phi) is 3.32. The fourth-order valence-electron chi connectivity index (χ4n) is 1.85. The van der Waals surface area contributed by atoms with Crippen molar-refractivity contribution in [3.8, 4) is 0 Å². The second-order valence-electron chi connectivity index (χ2n) is 3.96. The van der Waals surface area contributed by atoms with Crippen molar-refractivity contribution >= 4 is 17.1 Å². The van der Waals surface area contributed by atoms with Gasteiger partial charge in [0.15, 0.2) is 0 Å². The molecule has 0 aliphatic carbocycles. The Balaban J connectivity index is 2.28. The van der Waals surface area contributed by atoms with Gasteiger partial charge in [0, 0.05) is 12.5 Å². The molecule has 0 amide bonds. The average molecular weight is 213 g/mol. The smallest absolute Gasteiger partial charge is 0.120 e. The minimum absolute atomic E-state index is 0.0465. The third-order valence-corrected chi connectivity index (χ3v) is 2.80. The zero-order valence-corrected chi connectivity index (χ0v) is 9.10. The lowest BCUT2D eigenvalue weighted by molar-refractivity contribution is -0.108. The number of nitrogens with two attached hydrogens (primary N) is 1. The van der Waals surface area contributed by atoms with Gasteiger partial charge in [0.25, 0.3) is 0 Å². The summed E-state index contributed by atoms with van der Waals surface area (Å²) in [7, 11) is 0. The van der Waals surface area contributed by atoms with Crippen LogP contribution in [0.25, 0.3) is 10.8 Å². The fourth-order valence-corrected chi connectivity index (χ4v) is 1.85. The van der Waals surface area contributed by atoms with E-state index in [-0.39, 0.29) is 6.04 Å². The van der Waals surface area contributed by atoms with E-state index in [4.69, 9.17) is 5.73 Å². The van der Waals surface area contributed by atoms with E-state index in [1.54, 1.807) is 0 Å². The summed E-state index contributed by atoms with van der Waals surface area (Å²) in [6, 6.07) is 14.4. The van der Waals surface area contributed by atoms with E-state index in [2.05, 4.69) is 24.3 Å². The minimum Gasteiger partial charge on any atom is -0.324 e. The summed E-state index contributed by atoms with van der Waals surface area (Å²) in [6.07, 6.45) is 2.15. The summed E-state index contributed by atoms with van der Waals surface area (Å²) in [5.41, 5.74) is 7.11. The predicted molar refractivity (Wildman–Crippen MR) is 66.2 cm³/mol. The SMILES string of the molecule is NC(CCC=O)c1ccc2ccccc2c1. The van der Waals surface area contributed by atoms with E-state index in [9.17, 15) is 4.79 Å². The molecule has 1 atom stereocenters. The van der Waals surface area contributed by atoms with Crippen molar-refractivity contribution in [3.63, 3.8) is 0 Å². The van der Waals surface area contributed by atoms with Gasteiger partial charge >= 0.3 is 0 Å². The Morgan fingerprint density at radius 3 is 2.62 bits per heavy atom. The number of carbonyl (C=O) groups is 1. The molecule has 0 radical (unpaired) electrons. The molecule has 2 aromatic rings. The van der Waals surface area contributed by atoms with Crippen LogP contribution in [0.4, 0.5) is 0 Å². The van der Waals surface area contributed by atoms with Crippen molar-refractivity contribution in [2.45, 2.75) is 18.9 Å². The minimum atomic E-state index is -0.0465. The molecule has 0 spiro atoms. The van der Waals surface area contributed by atoms with Crippen molar-refractivity contribution < 1.29 is 4.79 Å². The van der Waals surface area contributed by atoms with Gasteiger partial charge in [-0.1, -0.05) is 36.4 Å². The molecular weight excluding hydrogens is 198 g/mol. The summed E-state index contributed by atoms with van der Waals surface area (Å²) in [4.78, 5) is 10.3. The maximum atomic E-state index is 10.3. The van der Waals surface area contributed by atoms with Crippen molar-refractivity contribution in [3.05, 3.63) is 48.0 Å². The number of fused-ring (bicyclic) bond motifs is 1. The topological polar surface area (TPSA) is 43.1 Å². The maximum Gasteiger partial charge on any atom is 0.120 e. The van der Waals surface area contributed by atoms with Gasteiger partial charge in [0.2, 0.25) is 0 Å². The summed E-state index contributed by atoms with van der Waals surface area (Å²) < 4.78 is 0. The van der Waals surface area contributed by atoms with Gasteiger partial charge in [-0.2, -0.15) is 0 Å². The highest BCUT2D eigenvalue weighted by Gasteiger charge is 2.05. The van der Waals surface area contributed by atoms with Crippen molar-refractivity contribution in [1.29, 1.82) is 0 Å². The second kappa shape index (κ2) is 4.90. The summed E-state index contributed by atoms with van der Waals surface area (Å²) in [6.45, 7) is 0. The van der Waals surface area contributed by atoms with Crippen LogP contribution in [0.5, 0.6) is 0 Å². The molecule has 16 heavy (non-hydrogen) atoms. The van der Waals surface area contributed by atoms with E-state index >= 15 is 0 Å². The molecule has 2 aromatic carbocycles. The van der Waals surface area contributed by atoms with Gasteiger partial charge < -0.3 is 10.5 Å². The number of hydrogen-bond donors (Lipinski definition) is 1. The first kappa shape index (κ1) is 10.8. The molecule has 0 heterocycles. The largest absolute Gasteiger partial charge is 0.324 e. The van der Waals surface area contributed by atoms with Crippen molar-refractivity contribution in [2.24, 2.45) is 5.73 Å². The van der Waals surface area contributed by atoms with Gasteiger partial charge in [0.1, 0.15) is 6.29 Å². The normalized spacial score (nSPS) is 12.6. The molecule has 0 saturated carbocycles. The highest BCUT2D eigenvalue weighted by Crippen LogP contribution is 2.21. The van der Waals surface area contributed by atoms with Gasteiger partial charge in [0.05, 0.1) is 0 Å². The number of benzene rings is 2. The lowest BCUT2D eigenvalue weighted by Gasteiger charge is -2.11. The van der Waals surface area contributed by atoms with E-state index in [1.165, 1.54) is 10.8 Å². The van der Waals surface area contributed by atoms with Crippen LogP contribution in [-0.2, 0) is 4.79 Å². The standard InChI is InChI=1S/C14H15NO/c15-14(6-3-9-16)13-8-7-11-4-1-2-5-12(11)10-13/h1-2,4-5,7-10,14H,3,6,15H2. The van der Waals surface area contributed by atoms with E-state index in [0.717, 1.165) is 11.8 Å². The van der Waals surface area contributed by atoms with Gasteiger partial charge in [-0.3, -0.25) is 0 Å². The third kappa shape index (κ3) is 2.28. The number of hydrogen-bond acceptors (Lipinski definition) is 2. The molecule has 2 heteroatoms. The molecule has 0 aliphatic heterocycles.